The lowest BCUT2D eigenvalue weighted by Crippen LogP contribution is -2.06. The summed E-state index contributed by atoms with van der Waals surface area (Å²) in [6, 6.07) is 5.54. The number of pyridine rings is 1. The molecule has 1 spiro atoms. The monoisotopic (exact) mass is 309 g/mol. The van der Waals surface area contributed by atoms with Crippen molar-refractivity contribution in [2.45, 2.75) is 32.1 Å². The van der Waals surface area contributed by atoms with E-state index in [0.717, 1.165) is 35.1 Å². The normalized spacial score (nSPS) is 18.7. The molecule has 0 bridgehead atoms. The summed E-state index contributed by atoms with van der Waals surface area (Å²) in [5.41, 5.74) is 4.02. The van der Waals surface area contributed by atoms with Crippen LogP contribution in [0.5, 0.6) is 5.75 Å². The molecule has 1 fully saturated rings. The molecule has 23 heavy (non-hydrogen) atoms. The van der Waals surface area contributed by atoms with E-state index >= 15 is 0 Å². The number of allylic oxidation sites excluding steroid dienone is 2. The summed E-state index contributed by atoms with van der Waals surface area (Å²) in [5.74, 6) is -0.222. The number of nitrogens with zero attached hydrogens (tertiary/aromatic N) is 1. The fourth-order valence-corrected chi connectivity index (χ4v) is 3.52. The number of carboxylic acids is 1. The van der Waals surface area contributed by atoms with Gasteiger partial charge in [-0.1, -0.05) is 6.08 Å². The van der Waals surface area contributed by atoms with Crippen molar-refractivity contribution in [3.8, 4) is 5.75 Å². The number of carboxylic acid groups (broad SMARTS) is 1. The van der Waals surface area contributed by atoms with Crippen LogP contribution in [0.1, 0.15) is 48.0 Å². The molecule has 0 amide bonds. The van der Waals surface area contributed by atoms with Crippen LogP contribution in [0.2, 0.25) is 0 Å². The maximum absolute atomic E-state index is 11.2. The summed E-state index contributed by atoms with van der Waals surface area (Å²) in [7, 11) is 1.63. The lowest BCUT2D eigenvalue weighted by Gasteiger charge is -2.22. The van der Waals surface area contributed by atoms with E-state index in [1.54, 1.807) is 13.2 Å². The van der Waals surface area contributed by atoms with Crippen LogP contribution in [0, 0.1) is 5.41 Å². The van der Waals surface area contributed by atoms with Gasteiger partial charge < -0.3 is 9.84 Å². The topological polar surface area (TPSA) is 59.4 Å². The van der Waals surface area contributed by atoms with E-state index in [1.807, 2.05) is 12.1 Å². The van der Waals surface area contributed by atoms with Crippen molar-refractivity contribution in [2.75, 3.05) is 7.11 Å². The zero-order valence-electron chi connectivity index (χ0n) is 13.1. The van der Waals surface area contributed by atoms with Gasteiger partial charge in [-0.2, -0.15) is 0 Å². The van der Waals surface area contributed by atoms with E-state index in [2.05, 4.69) is 11.1 Å². The van der Waals surface area contributed by atoms with Gasteiger partial charge in [0.05, 0.1) is 18.2 Å². The number of rotatable bonds is 3. The highest BCUT2D eigenvalue weighted by atomic mass is 16.5. The number of fused-ring (bicyclic) bond motifs is 1. The van der Waals surface area contributed by atoms with E-state index in [9.17, 15) is 9.90 Å². The lowest BCUT2D eigenvalue weighted by atomic mass is 9.83. The number of ether oxygens (including phenoxy) is 1. The SMILES string of the molecule is COc1cc(C2=CCC3(CC2)CC3)c2ncc(C(=O)O)cc2c1. The van der Waals surface area contributed by atoms with Crippen LogP contribution in [-0.4, -0.2) is 23.2 Å². The minimum atomic E-state index is -0.962. The molecule has 118 valence electrons. The number of hydrogen-bond acceptors (Lipinski definition) is 3. The highest BCUT2D eigenvalue weighted by Crippen LogP contribution is 2.56. The van der Waals surface area contributed by atoms with Crippen molar-refractivity contribution in [2.24, 2.45) is 5.41 Å². The predicted molar refractivity (Wildman–Crippen MR) is 88.7 cm³/mol. The molecule has 2 aromatic rings. The summed E-state index contributed by atoms with van der Waals surface area (Å²) in [6.07, 6.45) is 9.94. The van der Waals surface area contributed by atoms with Crippen LogP contribution in [-0.2, 0) is 0 Å². The maximum Gasteiger partial charge on any atom is 0.337 e. The second kappa shape index (κ2) is 5.08. The molecule has 1 saturated carbocycles. The summed E-state index contributed by atoms with van der Waals surface area (Å²) in [6.45, 7) is 0. The Morgan fingerprint density at radius 1 is 1.26 bits per heavy atom. The number of aromatic carboxylic acids is 1. The molecule has 4 nitrogen and oxygen atoms in total. The highest BCUT2D eigenvalue weighted by Gasteiger charge is 2.42. The molecular formula is C19H19NO3. The number of methoxy groups -OCH3 is 1. The van der Waals surface area contributed by atoms with E-state index in [0.29, 0.717) is 5.41 Å². The van der Waals surface area contributed by atoms with Gasteiger partial charge >= 0.3 is 5.97 Å². The molecule has 0 aliphatic heterocycles. The minimum absolute atomic E-state index is 0.200. The Morgan fingerprint density at radius 3 is 2.70 bits per heavy atom. The Kier molecular flexibility index (Phi) is 3.15. The first-order valence-corrected chi connectivity index (χ1v) is 8.01. The fraction of sp³-hybridized carbons (Fsp3) is 0.368. The van der Waals surface area contributed by atoms with Crippen molar-refractivity contribution < 1.29 is 14.6 Å². The van der Waals surface area contributed by atoms with Crippen LogP contribution in [0.25, 0.3) is 16.5 Å². The van der Waals surface area contributed by atoms with E-state index in [1.165, 1.54) is 31.0 Å². The first kappa shape index (κ1) is 14.2. The second-order valence-electron chi connectivity index (χ2n) is 6.71. The largest absolute Gasteiger partial charge is 0.497 e. The van der Waals surface area contributed by atoms with Gasteiger partial charge in [0.15, 0.2) is 0 Å². The van der Waals surface area contributed by atoms with Crippen molar-refractivity contribution in [1.29, 1.82) is 0 Å². The summed E-state index contributed by atoms with van der Waals surface area (Å²) >= 11 is 0. The van der Waals surface area contributed by atoms with Gasteiger partial charge in [0.2, 0.25) is 0 Å². The summed E-state index contributed by atoms with van der Waals surface area (Å²) in [5, 5.41) is 9.98. The molecule has 4 heteroatoms. The van der Waals surface area contributed by atoms with E-state index in [4.69, 9.17) is 4.74 Å². The van der Waals surface area contributed by atoms with Crippen molar-refractivity contribution >= 4 is 22.4 Å². The highest BCUT2D eigenvalue weighted by molar-refractivity contribution is 5.97. The predicted octanol–water partition coefficient (Wildman–Crippen LogP) is 4.29. The smallest absolute Gasteiger partial charge is 0.337 e. The Balaban J connectivity index is 1.84. The van der Waals surface area contributed by atoms with Gasteiger partial charge in [-0.25, -0.2) is 4.79 Å². The fourth-order valence-electron chi connectivity index (χ4n) is 3.52. The lowest BCUT2D eigenvalue weighted by molar-refractivity contribution is 0.0696. The molecule has 0 atom stereocenters. The van der Waals surface area contributed by atoms with Crippen molar-refractivity contribution in [1.82, 2.24) is 4.98 Å². The van der Waals surface area contributed by atoms with Crippen LogP contribution in [0.4, 0.5) is 0 Å². The quantitative estimate of drug-likeness (QED) is 0.919. The third-order valence-corrected chi connectivity index (χ3v) is 5.25. The number of aromatic nitrogens is 1. The molecular weight excluding hydrogens is 290 g/mol. The van der Waals surface area contributed by atoms with Crippen LogP contribution < -0.4 is 4.74 Å². The summed E-state index contributed by atoms with van der Waals surface area (Å²) in [4.78, 5) is 15.6. The van der Waals surface area contributed by atoms with Crippen molar-refractivity contribution in [3.05, 3.63) is 41.6 Å². The molecule has 2 aliphatic carbocycles. The van der Waals surface area contributed by atoms with Crippen molar-refractivity contribution in [3.63, 3.8) is 0 Å². The van der Waals surface area contributed by atoms with Gasteiger partial charge in [0.25, 0.3) is 0 Å². The summed E-state index contributed by atoms with van der Waals surface area (Å²) < 4.78 is 5.40. The molecule has 1 aromatic carbocycles. The third kappa shape index (κ3) is 2.48. The average molecular weight is 309 g/mol. The molecule has 1 aromatic heterocycles. The molecule has 0 unspecified atom stereocenters. The first-order valence-electron chi connectivity index (χ1n) is 8.01. The van der Waals surface area contributed by atoms with Gasteiger partial charge in [0.1, 0.15) is 5.75 Å². The Labute approximate surface area is 134 Å². The molecule has 4 rings (SSSR count). The molecule has 1 N–H and O–H groups in total. The zero-order chi connectivity index (χ0) is 16.0. The van der Waals surface area contributed by atoms with Gasteiger partial charge in [-0.3, -0.25) is 4.98 Å². The Morgan fingerprint density at radius 2 is 2.09 bits per heavy atom. The second-order valence-corrected chi connectivity index (χ2v) is 6.71. The third-order valence-electron chi connectivity index (χ3n) is 5.25. The maximum atomic E-state index is 11.2. The van der Waals surface area contributed by atoms with Gasteiger partial charge in [0, 0.05) is 17.1 Å². The van der Waals surface area contributed by atoms with Crippen LogP contribution in [0.15, 0.2) is 30.5 Å². The van der Waals surface area contributed by atoms with E-state index < -0.39 is 5.97 Å². The standard InChI is InChI=1S/C19H19NO3/c1-23-15-9-13-8-14(18(21)22)11-20-17(13)16(10-15)12-2-4-19(5-3-12)6-7-19/h2,8-11H,3-7H2,1H3,(H,21,22). The number of hydrogen-bond donors (Lipinski definition) is 1. The van der Waals surface area contributed by atoms with Crippen LogP contribution >= 0.6 is 0 Å². The first-order chi connectivity index (χ1) is 11.1. The van der Waals surface area contributed by atoms with Crippen LogP contribution in [0.3, 0.4) is 0 Å². The minimum Gasteiger partial charge on any atom is -0.497 e. The van der Waals surface area contributed by atoms with Gasteiger partial charge in [-0.15, -0.1) is 0 Å². The number of carbonyl (C=O) groups is 1. The Bertz CT molecular complexity index is 834. The zero-order valence-corrected chi connectivity index (χ0v) is 13.1. The number of benzene rings is 1. The average Bonchev–Trinajstić information content (AvgIpc) is 3.33. The van der Waals surface area contributed by atoms with E-state index in [-0.39, 0.29) is 5.56 Å². The molecule has 0 saturated heterocycles. The molecule has 1 heterocycles. The molecule has 2 aliphatic rings. The molecule has 0 radical (unpaired) electrons. The van der Waals surface area contributed by atoms with Gasteiger partial charge in [-0.05, 0) is 61.3 Å². The Hall–Kier alpha value is -2.36.